The Morgan fingerprint density at radius 1 is 1.03 bits per heavy atom. The lowest BCUT2D eigenvalue weighted by molar-refractivity contribution is -0.385. The molecule has 3 aromatic carbocycles. The lowest BCUT2D eigenvalue weighted by Crippen LogP contribution is -2.43. The van der Waals surface area contributed by atoms with E-state index in [1.807, 2.05) is 13.0 Å². The minimum absolute atomic E-state index is 0.0480. The Labute approximate surface area is 167 Å². The molecule has 7 nitrogen and oxygen atoms in total. The number of carbonyl (C=O) groups excluding carboxylic acids is 1. The van der Waals surface area contributed by atoms with Crippen molar-refractivity contribution in [3.05, 3.63) is 94.0 Å². The predicted octanol–water partition coefficient (Wildman–Crippen LogP) is 4.76. The van der Waals surface area contributed by atoms with E-state index in [1.54, 1.807) is 65.6 Å². The zero-order valence-corrected chi connectivity index (χ0v) is 15.7. The monoisotopic (exact) mass is 389 g/mol. The van der Waals surface area contributed by atoms with E-state index < -0.39 is 11.1 Å². The largest absolute Gasteiger partial charge is 0.494 e. The fraction of sp³-hybridized carbons (Fsp3) is 0.136. The normalized spacial score (nSPS) is 15.4. The van der Waals surface area contributed by atoms with Crippen LogP contribution in [0.5, 0.6) is 5.75 Å². The molecule has 0 saturated heterocycles. The molecule has 0 radical (unpaired) electrons. The van der Waals surface area contributed by atoms with Crippen molar-refractivity contribution >= 4 is 23.0 Å². The molecule has 4 rings (SSSR count). The third-order valence-electron chi connectivity index (χ3n) is 4.78. The van der Waals surface area contributed by atoms with E-state index in [-0.39, 0.29) is 11.6 Å². The van der Waals surface area contributed by atoms with Crippen molar-refractivity contribution in [1.29, 1.82) is 0 Å². The number of anilines is 2. The number of rotatable bonds is 5. The first-order valence-corrected chi connectivity index (χ1v) is 9.25. The molecule has 29 heavy (non-hydrogen) atoms. The fourth-order valence-electron chi connectivity index (χ4n) is 3.49. The van der Waals surface area contributed by atoms with Gasteiger partial charge in [0.1, 0.15) is 11.9 Å². The van der Waals surface area contributed by atoms with E-state index in [0.717, 1.165) is 0 Å². The van der Waals surface area contributed by atoms with Gasteiger partial charge in [0.05, 0.1) is 22.7 Å². The van der Waals surface area contributed by atoms with Crippen molar-refractivity contribution in [2.75, 3.05) is 16.8 Å². The number of fused-ring (bicyclic) bond motifs is 1. The molecular formula is C22H19N3O4. The summed E-state index contributed by atoms with van der Waals surface area (Å²) in [5, 5.41) is 14.9. The molecule has 1 amide bonds. The van der Waals surface area contributed by atoms with Crippen LogP contribution in [-0.2, 0) is 0 Å². The van der Waals surface area contributed by atoms with Gasteiger partial charge in [0.2, 0.25) is 0 Å². The maximum Gasteiger partial charge on any atom is 0.276 e. The quantitative estimate of drug-likeness (QED) is 0.502. The first kappa shape index (κ1) is 18.5. The smallest absolute Gasteiger partial charge is 0.276 e. The molecule has 3 aromatic rings. The Hall–Kier alpha value is -3.87. The van der Waals surface area contributed by atoms with Crippen LogP contribution in [0.3, 0.4) is 0 Å². The highest BCUT2D eigenvalue weighted by Gasteiger charge is 2.37. The van der Waals surface area contributed by atoms with Crippen molar-refractivity contribution in [2.24, 2.45) is 0 Å². The topological polar surface area (TPSA) is 84.7 Å². The summed E-state index contributed by atoms with van der Waals surface area (Å²) in [5.41, 5.74) is 2.13. The number of nitro benzene ring substituents is 1. The van der Waals surface area contributed by atoms with Crippen LogP contribution in [0.2, 0.25) is 0 Å². The van der Waals surface area contributed by atoms with Gasteiger partial charge in [-0.05, 0) is 49.4 Å². The molecule has 1 heterocycles. The van der Waals surface area contributed by atoms with Gasteiger partial charge in [-0.2, -0.15) is 0 Å². The van der Waals surface area contributed by atoms with E-state index >= 15 is 0 Å². The van der Waals surface area contributed by atoms with Crippen LogP contribution >= 0.6 is 0 Å². The fourth-order valence-corrected chi connectivity index (χ4v) is 3.49. The average Bonchev–Trinajstić information content (AvgIpc) is 2.75. The van der Waals surface area contributed by atoms with Gasteiger partial charge in [0.15, 0.2) is 0 Å². The molecule has 1 aliphatic rings. The first-order chi connectivity index (χ1) is 14.1. The summed E-state index contributed by atoms with van der Waals surface area (Å²) in [6.07, 6.45) is -0.725. The Kier molecular flexibility index (Phi) is 4.87. The third kappa shape index (κ3) is 3.38. The van der Waals surface area contributed by atoms with Gasteiger partial charge in [-0.25, -0.2) is 0 Å². The summed E-state index contributed by atoms with van der Waals surface area (Å²) >= 11 is 0. The highest BCUT2D eigenvalue weighted by Crippen LogP contribution is 2.39. The van der Waals surface area contributed by atoms with Crippen molar-refractivity contribution in [3.8, 4) is 5.75 Å². The summed E-state index contributed by atoms with van der Waals surface area (Å²) < 4.78 is 5.48. The Bertz CT molecular complexity index is 1070. The SMILES string of the molecule is CCOc1ccc(N2C(=O)c3ccccc3N[C@@H]2c2ccccc2[N+](=O)[O-])cc1. The van der Waals surface area contributed by atoms with Crippen LogP contribution in [0, 0.1) is 10.1 Å². The van der Waals surface area contributed by atoms with Gasteiger partial charge in [-0.1, -0.05) is 24.3 Å². The van der Waals surface area contributed by atoms with Gasteiger partial charge in [0.25, 0.3) is 11.6 Å². The van der Waals surface area contributed by atoms with Crippen LogP contribution in [0.15, 0.2) is 72.8 Å². The van der Waals surface area contributed by atoms with Gasteiger partial charge in [-0.15, -0.1) is 0 Å². The Balaban J connectivity index is 1.85. The van der Waals surface area contributed by atoms with Crippen LogP contribution in [0.25, 0.3) is 0 Å². The highest BCUT2D eigenvalue weighted by molar-refractivity contribution is 6.12. The van der Waals surface area contributed by atoms with Crippen molar-refractivity contribution in [3.63, 3.8) is 0 Å². The number of amides is 1. The van der Waals surface area contributed by atoms with E-state index in [9.17, 15) is 14.9 Å². The molecule has 0 saturated carbocycles. The standard InChI is InChI=1S/C22H19N3O4/c1-2-29-16-13-11-15(12-14-16)24-21(18-8-4-6-10-20(18)25(27)28)23-19-9-5-3-7-17(19)22(24)26/h3-14,21,23H,2H2,1H3/t21-/m0/s1. The van der Waals surface area contributed by atoms with Crippen molar-refractivity contribution in [1.82, 2.24) is 0 Å². The number of hydrogen-bond acceptors (Lipinski definition) is 5. The van der Waals surface area contributed by atoms with Crippen molar-refractivity contribution < 1.29 is 14.5 Å². The van der Waals surface area contributed by atoms with E-state index in [4.69, 9.17) is 4.74 Å². The zero-order chi connectivity index (χ0) is 20.4. The third-order valence-corrected chi connectivity index (χ3v) is 4.78. The van der Waals surface area contributed by atoms with Crippen molar-refractivity contribution in [2.45, 2.75) is 13.1 Å². The second-order valence-electron chi connectivity index (χ2n) is 6.51. The molecular weight excluding hydrogens is 370 g/mol. The van der Waals surface area contributed by atoms with Gasteiger partial charge in [-0.3, -0.25) is 19.8 Å². The molecule has 146 valence electrons. The molecule has 1 aliphatic heterocycles. The minimum Gasteiger partial charge on any atom is -0.494 e. The number of nitrogens with one attached hydrogen (secondary N) is 1. The molecule has 0 fully saturated rings. The van der Waals surface area contributed by atoms with Crippen LogP contribution in [-0.4, -0.2) is 17.4 Å². The Morgan fingerprint density at radius 2 is 1.72 bits per heavy atom. The molecule has 7 heteroatoms. The Morgan fingerprint density at radius 3 is 2.45 bits per heavy atom. The maximum absolute atomic E-state index is 13.4. The molecule has 0 unspecified atom stereocenters. The number of benzene rings is 3. The van der Waals surface area contributed by atoms with Crippen LogP contribution < -0.4 is 15.0 Å². The molecule has 1 N–H and O–H groups in total. The number of nitro groups is 1. The van der Waals surface area contributed by atoms with E-state index in [0.29, 0.717) is 34.9 Å². The second-order valence-corrected chi connectivity index (χ2v) is 6.51. The molecule has 0 spiro atoms. The molecule has 0 aromatic heterocycles. The summed E-state index contributed by atoms with van der Waals surface area (Å²) in [5.74, 6) is 0.461. The predicted molar refractivity (Wildman–Crippen MR) is 110 cm³/mol. The lowest BCUT2D eigenvalue weighted by Gasteiger charge is -2.37. The summed E-state index contributed by atoms with van der Waals surface area (Å²) in [7, 11) is 0. The number of carbonyl (C=O) groups is 1. The number of hydrogen-bond donors (Lipinski definition) is 1. The second kappa shape index (κ2) is 7.63. The van der Waals surface area contributed by atoms with Crippen LogP contribution in [0.4, 0.5) is 17.1 Å². The molecule has 0 aliphatic carbocycles. The number of nitrogens with zero attached hydrogens (tertiary/aromatic N) is 2. The van der Waals surface area contributed by atoms with Gasteiger partial charge >= 0.3 is 0 Å². The molecule has 0 bridgehead atoms. The van der Waals surface area contributed by atoms with Gasteiger partial charge in [0, 0.05) is 17.4 Å². The molecule has 1 atom stereocenters. The summed E-state index contributed by atoms with van der Waals surface area (Å²) in [6, 6.07) is 20.7. The van der Waals surface area contributed by atoms with E-state index in [1.165, 1.54) is 6.07 Å². The number of para-hydroxylation sites is 2. The van der Waals surface area contributed by atoms with E-state index in [2.05, 4.69) is 5.32 Å². The van der Waals surface area contributed by atoms with Crippen LogP contribution in [0.1, 0.15) is 29.0 Å². The maximum atomic E-state index is 13.4. The number of ether oxygens (including phenoxy) is 1. The zero-order valence-electron chi connectivity index (χ0n) is 15.7. The lowest BCUT2D eigenvalue weighted by atomic mass is 10.0. The summed E-state index contributed by atoms with van der Waals surface area (Å²) in [6.45, 7) is 2.43. The van der Waals surface area contributed by atoms with Gasteiger partial charge < -0.3 is 10.1 Å². The highest BCUT2D eigenvalue weighted by atomic mass is 16.6. The minimum atomic E-state index is -0.725. The first-order valence-electron chi connectivity index (χ1n) is 9.25. The average molecular weight is 389 g/mol. The summed E-state index contributed by atoms with van der Waals surface area (Å²) in [4.78, 5) is 26.1.